The zero-order valence-corrected chi connectivity index (χ0v) is 31.4. The number of hydrogen-bond donors (Lipinski definition) is 1. The van der Waals surface area contributed by atoms with Gasteiger partial charge in [0.1, 0.15) is 17.0 Å². The molecule has 0 amide bonds. The van der Waals surface area contributed by atoms with Gasteiger partial charge in [-0.05, 0) is 24.3 Å². The summed E-state index contributed by atoms with van der Waals surface area (Å²) < 4.78 is 12.0. The van der Waals surface area contributed by atoms with E-state index in [1.54, 1.807) is 0 Å². The van der Waals surface area contributed by atoms with Crippen molar-refractivity contribution in [1.29, 1.82) is 0 Å². The molecule has 0 saturated heterocycles. The van der Waals surface area contributed by atoms with E-state index in [0.29, 0.717) is 5.84 Å². The van der Waals surface area contributed by atoms with Crippen LogP contribution in [-0.4, -0.2) is 16.2 Å². The molecule has 8 aromatic carbocycles. The quantitative estimate of drug-likeness (QED) is 0.191. The summed E-state index contributed by atoms with van der Waals surface area (Å²) in [4.78, 5) is 10.2. The predicted molar refractivity (Wildman–Crippen MR) is 238 cm³/mol. The molecule has 0 bridgehead atoms. The highest BCUT2D eigenvalue weighted by atomic mass is 32.1. The van der Waals surface area contributed by atoms with Gasteiger partial charge in [0.2, 0.25) is 0 Å². The number of nitrogens with one attached hydrogen (secondary N) is 1. The topological polar surface area (TPSA) is 54.8 Å². The summed E-state index contributed by atoms with van der Waals surface area (Å²) in [5.41, 5.74) is 10.5. The summed E-state index contributed by atoms with van der Waals surface area (Å²) in [6.45, 7) is 0. The van der Waals surface area contributed by atoms with E-state index in [2.05, 4.69) is 155 Å². The SMILES string of the molecule is c1ccc(C2=NC(c3cccc4c3oc3c(-c5cccc6c5sc5cccc(-n7c8ccccc8c8ccccc87)c56)cccc34)NC(c3ccccc3)=N2)cc1. The molecule has 268 valence electrons. The van der Waals surface area contributed by atoms with Crippen LogP contribution in [0.25, 0.3) is 80.7 Å². The van der Waals surface area contributed by atoms with Crippen LogP contribution in [0.2, 0.25) is 0 Å². The summed E-state index contributed by atoms with van der Waals surface area (Å²) in [7, 11) is 0. The van der Waals surface area contributed by atoms with E-state index in [9.17, 15) is 0 Å². The lowest BCUT2D eigenvalue weighted by molar-refractivity contribution is 0.629. The van der Waals surface area contributed by atoms with Crippen LogP contribution in [0.3, 0.4) is 0 Å². The van der Waals surface area contributed by atoms with Crippen molar-refractivity contribution in [3.63, 3.8) is 0 Å². The Balaban J connectivity index is 1.04. The summed E-state index contributed by atoms with van der Waals surface area (Å²) in [5.74, 6) is 1.46. The number of rotatable bonds is 5. The number of hydrogen-bond acceptors (Lipinski definition) is 5. The molecule has 1 N–H and O–H groups in total. The Morgan fingerprint density at radius 3 is 1.86 bits per heavy atom. The van der Waals surface area contributed by atoms with Gasteiger partial charge in [0.15, 0.2) is 12.0 Å². The Labute approximate surface area is 331 Å². The zero-order valence-electron chi connectivity index (χ0n) is 30.6. The number of benzene rings is 8. The van der Waals surface area contributed by atoms with E-state index in [0.717, 1.165) is 55.6 Å². The first kappa shape index (κ1) is 32.0. The number of thiophene rings is 1. The number of nitrogens with zero attached hydrogens (tertiary/aromatic N) is 3. The minimum Gasteiger partial charge on any atom is -0.455 e. The van der Waals surface area contributed by atoms with Crippen LogP contribution in [0.1, 0.15) is 22.9 Å². The van der Waals surface area contributed by atoms with Crippen LogP contribution in [0.4, 0.5) is 0 Å². The second-order valence-corrected chi connectivity index (χ2v) is 15.6. The molecular weight excluding hydrogens is 717 g/mol. The van der Waals surface area contributed by atoms with Gasteiger partial charge in [0, 0.05) is 69.5 Å². The first-order valence-electron chi connectivity index (χ1n) is 19.2. The van der Waals surface area contributed by atoms with Crippen molar-refractivity contribution in [2.75, 3.05) is 0 Å². The average Bonchev–Trinajstić information content (AvgIpc) is 3.97. The summed E-state index contributed by atoms with van der Waals surface area (Å²) in [6.07, 6.45) is -0.411. The minimum atomic E-state index is -0.411. The monoisotopic (exact) mass is 748 g/mol. The van der Waals surface area contributed by atoms with E-state index < -0.39 is 6.17 Å². The Morgan fingerprint density at radius 2 is 1.11 bits per heavy atom. The molecule has 0 aliphatic carbocycles. The molecule has 12 rings (SSSR count). The van der Waals surface area contributed by atoms with Crippen LogP contribution >= 0.6 is 11.3 Å². The maximum Gasteiger partial charge on any atom is 0.159 e. The molecule has 5 nitrogen and oxygen atoms in total. The minimum absolute atomic E-state index is 0.411. The number of amidine groups is 2. The summed E-state index contributed by atoms with van der Waals surface area (Å²) >= 11 is 1.85. The molecule has 1 atom stereocenters. The van der Waals surface area contributed by atoms with Crippen LogP contribution in [-0.2, 0) is 0 Å². The zero-order chi connectivity index (χ0) is 37.5. The first-order valence-corrected chi connectivity index (χ1v) is 20.0. The molecular formula is C51H32N4OS. The largest absolute Gasteiger partial charge is 0.455 e. The third-order valence-corrected chi connectivity index (χ3v) is 12.5. The van der Waals surface area contributed by atoms with Crippen molar-refractivity contribution in [1.82, 2.24) is 9.88 Å². The van der Waals surface area contributed by atoms with Crippen molar-refractivity contribution in [2.24, 2.45) is 9.98 Å². The number of aromatic nitrogens is 1. The fourth-order valence-corrected chi connectivity index (χ4v) is 10.00. The summed E-state index contributed by atoms with van der Waals surface area (Å²) in [5, 5.41) is 10.8. The molecule has 1 unspecified atom stereocenters. The molecule has 0 fully saturated rings. The van der Waals surface area contributed by atoms with E-state index >= 15 is 0 Å². The fourth-order valence-electron chi connectivity index (χ4n) is 8.75. The highest BCUT2D eigenvalue weighted by Gasteiger charge is 2.26. The number of furan rings is 1. The molecule has 4 heterocycles. The van der Waals surface area contributed by atoms with Gasteiger partial charge in [-0.1, -0.05) is 158 Å². The highest BCUT2D eigenvalue weighted by molar-refractivity contribution is 7.26. The lowest BCUT2D eigenvalue weighted by atomic mass is 9.99. The molecule has 1 aliphatic rings. The average molecular weight is 749 g/mol. The van der Waals surface area contributed by atoms with E-state index in [4.69, 9.17) is 14.4 Å². The van der Waals surface area contributed by atoms with Crippen molar-refractivity contribution in [3.05, 3.63) is 199 Å². The Bertz CT molecular complexity index is 3390. The fraction of sp³-hybridized carbons (Fsp3) is 0.0196. The van der Waals surface area contributed by atoms with E-state index in [-0.39, 0.29) is 0 Å². The lowest BCUT2D eigenvalue weighted by Gasteiger charge is -2.23. The third-order valence-electron chi connectivity index (χ3n) is 11.3. The van der Waals surface area contributed by atoms with Crippen molar-refractivity contribution < 1.29 is 4.42 Å². The smallest absolute Gasteiger partial charge is 0.159 e. The second kappa shape index (κ2) is 12.6. The van der Waals surface area contributed by atoms with Gasteiger partial charge in [-0.2, -0.15) is 0 Å². The van der Waals surface area contributed by atoms with E-state index in [1.807, 2.05) is 47.7 Å². The third kappa shape index (κ3) is 4.94. The standard InChI is InChI=1S/C51H32N4OS/c1-3-15-31(16-4-1)49-52-50(32-17-5-2-6-18-32)54-51(53-49)40-26-12-22-36-35-21-11-23-37(46(35)56-47(36)40)38-24-13-25-39-45-43(29-14-30-44(45)57-48(38)39)55-41-27-9-7-19-33(41)34-20-8-10-28-42(34)55/h1-30,51H,(H,52,53,54). The molecule has 11 aromatic rings. The van der Waals surface area contributed by atoms with Crippen LogP contribution in [0, 0.1) is 0 Å². The lowest BCUT2D eigenvalue weighted by Crippen LogP contribution is -2.33. The van der Waals surface area contributed by atoms with Crippen LogP contribution in [0.5, 0.6) is 0 Å². The Morgan fingerprint density at radius 1 is 0.509 bits per heavy atom. The van der Waals surface area contributed by atoms with Crippen LogP contribution < -0.4 is 5.32 Å². The van der Waals surface area contributed by atoms with Crippen molar-refractivity contribution >= 4 is 86.9 Å². The highest BCUT2D eigenvalue weighted by Crippen LogP contribution is 2.46. The molecule has 0 radical (unpaired) electrons. The van der Waals surface area contributed by atoms with E-state index in [1.165, 1.54) is 47.7 Å². The number of fused-ring (bicyclic) bond motifs is 9. The predicted octanol–water partition coefficient (Wildman–Crippen LogP) is 13.2. The molecule has 0 saturated carbocycles. The maximum absolute atomic E-state index is 7.06. The molecule has 6 heteroatoms. The van der Waals surface area contributed by atoms with Gasteiger partial charge in [0.25, 0.3) is 0 Å². The first-order chi connectivity index (χ1) is 28.3. The van der Waals surface area contributed by atoms with Gasteiger partial charge in [-0.3, -0.25) is 0 Å². The normalized spacial score (nSPS) is 14.5. The van der Waals surface area contributed by atoms with Crippen molar-refractivity contribution in [2.45, 2.75) is 6.17 Å². The van der Waals surface area contributed by atoms with Crippen molar-refractivity contribution in [3.8, 4) is 16.8 Å². The number of aliphatic imine (C=N–C) groups is 2. The van der Waals surface area contributed by atoms with Gasteiger partial charge in [-0.25, -0.2) is 9.98 Å². The number of para-hydroxylation sites is 4. The molecule has 0 spiro atoms. The van der Waals surface area contributed by atoms with Gasteiger partial charge in [0.05, 0.1) is 16.7 Å². The maximum atomic E-state index is 7.06. The van der Waals surface area contributed by atoms with Crippen LogP contribution in [0.15, 0.2) is 196 Å². The molecule has 57 heavy (non-hydrogen) atoms. The van der Waals surface area contributed by atoms with Gasteiger partial charge in [-0.15, -0.1) is 11.3 Å². The van der Waals surface area contributed by atoms with Gasteiger partial charge < -0.3 is 14.3 Å². The van der Waals surface area contributed by atoms with Gasteiger partial charge >= 0.3 is 0 Å². The molecule has 1 aliphatic heterocycles. The molecule has 3 aromatic heterocycles. The summed E-state index contributed by atoms with van der Waals surface area (Å²) in [6, 6.07) is 64.2. The second-order valence-electron chi connectivity index (χ2n) is 14.5. The Kier molecular flexibility index (Phi) is 7.09. The Hall–Kier alpha value is -7.28.